The van der Waals surface area contributed by atoms with E-state index >= 15 is 0 Å². The topological polar surface area (TPSA) is 20.3 Å². The molecule has 3 atom stereocenters. The zero-order valence-electron chi connectivity index (χ0n) is 13.0. The summed E-state index contributed by atoms with van der Waals surface area (Å²) < 4.78 is 0. The van der Waals surface area contributed by atoms with E-state index in [2.05, 4.69) is 25.7 Å². The minimum atomic E-state index is 0.333. The van der Waals surface area contributed by atoms with Gasteiger partial charge >= 0.3 is 0 Å². The van der Waals surface area contributed by atoms with Crippen LogP contribution in [0.4, 0.5) is 0 Å². The Hall–Kier alpha value is -0.370. The molecular weight excluding hydrogens is 234 g/mol. The molecule has 0 radical (unpaired) electrons. The summed E-state index contributed by atoms with van der Waals surface area (Å²) in [5.74, 6) is 3.32. The van der Waals surface area contributed by atoms with Gasteiger partial charge in [-0.25, -0.2) is 0 Å². The van der Waals surface area contributed by atoms with E-state index in [0.717, 1.165) is 43.6 Å². The van der Waals surface area contributed by atoms with Crippen molar-refractivity contribution in [1.29, 1.82) is 0 Å². The average molecular weight is 265 g/mol. The Morgan fingerprint density at radius 1 is 1.21 bits per heavy atom. The standard InChI is InChI=1S/C17H31NO/c1-13(2)15-5-4-9-18(10-8-15)12-16-11-14(3)6-7-17(16)19/h13-16H,4-12H2,1-3H3. The second-order valence-corrected chi connectivity index (χ2v) is 7.28. The van der Waals surface area contributed by atoms with Gasteiger partial charge < -0.3 is 4.90 Å². The number of rotatable bonds is 3. The number of hydrogen-bond donors (Lipinski definition) is 0. The monoisotopic (exact) mass is 265 g/mol. The first-order chi connectivity index (χ1) is 9.06. The van der Waals surface area contributed by atoms with E-state index in [1.165, 1.54) is 32.4 Å². The molecule has 2 nitrogen and oxygen atoms in total. The van der Waals surface area contributed by atoms with Crippen LogP contribution in [0.2, 0.25) is 0 Å². The molecule has 0 amide bonds. The highest BCUT2D eigenvalue weighted by atomic mass is 16.1. The summed E-state index contributed by atoms with van der Waals surface area (Å²) in [7, 11) is 0. The highest BCUT2D eigenvalue weighted by molar-refractivity contribution is 5.81. The first-order valence-electron chi connectivity index (χ1n) is 8.31. The molecule has 2 heteroatoms. The van der Waals surface area contributed by atoms with Crippen LogP contribution >= 0.6 is 0 Å². The average Bonchev–Trinajstić information content (AvgIpc) is 2.59. The molecule has 0 spiro atoms. The van der Waals surface area contributed by atoms with E-state index in [9.17, 15) is 4.79 Å². The van der Waals surface area contributed by atoms with Gasteiger partial charge in [0.1, 0.15) is 5.78 Å². The van der Waals surface area contributed by atoms with Gasteiger partial charge in [-0.05, 0) is 62.9 Å². The Kier molecular flexibility index (Phi) is 5.44. The summed E-state index contributed by atoms with van der Waals surface area (Å²) in [6.45, 7) is 10.5. The van der Waals surface area contributed by atoms with E-state index in [4.69, 9.17) is 0 Å². The molecule has 1 aliphatic carbocycles. The van der Waals surface area contributed by atoms with Crippen molar-refractivity contribution in [2.24, 2.45) is 23.7 Å². The van der Waals surface area contributed by atoms with E-state index in [1.807, 2.05) is 0 Å². The van der Waals surface area contributed by atoms with E-state index in [0.29, 0.717) is 11.7 Å². The molecule has 110 valence electrons. The van der Waals surface area contributed by atoms with Crippen LogP contribution in [-0.2, 0) is 4.79 Å². The van der Waals surface area contributed by atoms with Crippen LogP contribution in [0.1, 0.15) is 59.3 Å². The number of ketones is 1. The lowest BCUT2D eigenvalue weighted by atomic mass is 9.81. The lowest BCUT2D eigenvalue weighted by Gasteiger charge is -2.30. The Morgan fingerprint density at radius 3 is 2.74 bits per heavy atom. The van der Waals surface area contributed by atoms with Crippen molar-refractivity contribution in [2.45, 2.75) is 59.3 Å². The molecule has 2 aliphatic rings. The highest BCUT2D eigenvalue weighted by Crippen LogP contribution is 2.29. The third kappa shape index (κ3) is 4.30. The summed E-state index contributed by atoms with van der Waals surface area (Å²) in [6.07, 6.45) is 7.10. The largest absolute Gasteiger partial charge is 0.303 e. The van der Waals surface area contributed by atoms with Crippen LogP contribution < -0.4 is 0 Å². The Bertz CT molecular complexity index is 300. The molecule has 0 aromatic heterocycles. The summed E-state index contributed by atoms with van der Waals surface area (Å²) in [5.41, 5.74) is 0. The first-order valence-corrected chi connectivity index (χ1v) is 8.31. The second-order valence-electron chi connectivity index (χ2n) is 7.28. The molecule has 1 heterocycles. The summed E-state index contributed by atoms with van der Waals surface area (Å²) in [6, 6.07) is 0. The molecule has 0 aromatic carbocycles. The fourth-order valence-corrected chi connectivity index (χ4v) is 3.85. The molecule has 0 N–H and O–H groups in total. The SMILES string of the molecule is CC1CCC(=O)C(CN2CCCC(C(C)C)CC2)C1. The smallest absolute Gasteiger partial charge is 0.137 e. The quantitative estimate of drug-likeness (QED) is 0.774. The molecule has 1 aliphatic heterocycles. The van der Waals surface area contributed by atoms with Crippen molar-refractivity contribution < 1.29 is 4.79 Å². The number of carbonyl (C=O) groups excluding carboxylic acids is 1. The molecule has 0 bridgehead atoms. The van der Waals surface area contributed by atoms with Gasteiger partial charge in [-0.1, -0.05) is 20.8 Å². The zero-order valence-corrected chi connectivity index (χ0v) is 13.0. The predicted molar refractivity (Wildman–Crippen MR) is 80.1 cm³/mol. The highest BCUT2D eigenvalue weighted by Gasteiger charge is 2.29. The second kappa shape index (κ2) is 6.88. The van der Waals surface area contributed by atoms with Gasteiger partial charge in [-0.2, -0.15) is 0 Å². The maximum atomic E-state index is 12.0. The minimum absolute atomic E-state index is 0.333. The number of likely N-dealkylation sites (tertiary alicyclic amines) is 1. The van der Waals surface area contributed by atoms with E-state index < -0.39 is 0 Å². The Labute approximate surface area is 118 Å². The van der Waals surface area contributed by atoms with Crippen molar-refractivity contribution in [2.75, 3.05) is 19.6 Å². The lowest BCUT2D eigenvalue weighted by molar-refractivity contribution is -0.126. The van der Waals surface area contributed by atoms with Crippen molar-refractivity contribution in [3.63, 3.8) is 0 Å². The van der Waals surface area contributed by atoms with Gasteiger partial charge in [0.15, 0.2) is 0 Å². The fraction of sp³-hybridized carbons (Fsp3) is 0.941. The van der Waals surface area contributed by atoms with Gasteiger partial charge in [-0.3, -0.25) is 4.79 Å². The molecule has 1 saturated heterocycles. The van der Waals surface area contributed by atoms with Gasteiger partial charge in [0, 0.05) is 18.9 Å². The molecule has 0 aromatic rings. The molecule has 19 heavy (non-hydrogen) atoms. The molecule has 2 fully saturated rings. The Morgan fingerprint density at radius 2 is 2.00 bits per heavy atom. The predicted octanol–water partition coefficient (Wildman–Crippen LogP) is 3.75. The van der Waals surface area contributed by atoms with E-state index in [-0.39, 0.29) is 0 Å². The van der Waals surface area contributed by atoms with Gasteiger partial charge in [0.25, 0.3) is 0 Å². The number of hydrogen-bond acceptors (Lipinski definition) is 2. The molecule has 3 unspecified atom stereocenters. The van der Waals surface area contributed by atoms with Crippen molar-refractivity contribution in [3.05, 3.63) is 0 Å². The van der Waals surface area contributed by atoms with Crippen LogP contribution in [0, 0.1) is 23.7 Å². The third-order valence-electron chi connectivity index (χ3n) is 5.31. The Balaban J connectivity index is 1.83. The molecule has 1 saturated carbocycles. The van der Waals surface area contributed by atoms with Crippen LogP contribution in [0.5, 0.6) is 0 Å². The summed E-state index contributed by atoms with van der Waals surface area (Å²) in [5, 5.41) is 0. The van der Waals surface area contributed by atoms with Gasteiger partial charge in [0.05, 0.1) is 0 Å². The van der Waals surface area contributed by atoms with Crippen LogP contribution in [-0.4, -0.2) is 30.3 Å². The minimum Gasteiger partial charge on any atom is -0.303 e. The van der Waals surface area contributed by atoms with Crippen molar-refractivity contribution in [1.82, 2.24) is 4.90 Å². The number of carbonyl (C=O) groups is 1. The molecule has 2 rings (SSSR count). The van der Waals surface area contributed by atoms with E-state index in [1.54, 1.807) is 0 Å². The maximum Gasteiger partial charge on any atom is 0.137 e. The van der Waals surface area contributed by atoms with Gasteiger partial charge in [-0.15, -0.1) is 0 Å². The number of nitrogens with zero attached hydrogens (tertiary/aromatic N) is 1. The summed E-state index contributed by atoms with van der Waals surface area (Å²) >= 11 is 0. The van der Waals surface area contributed by atoms with Crippen molar-refractivity contribution >= 4 is 5.78 Å². The maximum absolute atomic E-state index is 12.0. The zero-order chi connectivity index (χ0) is 13.8. The van der Waals surface area contributed by atoms with Crippen molar-refractivity contribution in [3.8, 4) is 0 Å². The summed E-state index contributed by atoms with van der Waals surface area (Å²) in [4.78, 5) is 14.6. The molecular formula is C17H31NO. The van der Waals surface area contributed by atoms with Crippen LogP contribution in [0.25, 0.3) is 0 Å². The normalized spacial score (nSPS) is 34.5. The third-order valence-corrected chi connectivity index (χ3v) is 5.31. The number of Topliss-reactive ketones (excluding diaryl/α,β-unsaturated/α-hetero) is 1. The fourth-order valence-electron chi connectivity index (χ4n) is 3.85. The lowest BCUT2D eigenvalue weighted by Crippen LogP contribution is -2.37. The first kappa shape index (κ1) is 15.0. The van der Waals surface area contributed by atoms with Gasteiger partial charge in [0.2, 0.25) is 0 Å². The van der Waals surface area contributed by atoms with Crippen LogP contribution in [0.15, 0.2) is 0 Å². The van der Waals surface area contributed by atoms with Crippen LogP contribution in [0.3, 0.4) is 0 Å².